The van der Waals surface area contributed by atoms with E-state index in [4.69, 9.17) is 16.9 Å². The summed E-state index contributed by atoms with van der Waals surface area (Å²) in [6, 6.07) is 0. The van der Waals surface area contributed by atoms with Gasteiger partial charge in [0.2, 0.25) is 0 Å². The van der Waals surface area contributed by atoms with E-state index in [0.717, 1.165) is 0 Å². The van der Waals surface area contributed by atoms with E-state index in [-0.39, 0.29) is 19.0 Å². The minimum atomic E-state index is -0.594. The van der Waals surface area contributed by atoms with E-state index < -0.39 is 6.10 Å². The maximum absolute atomic E-state index is 11.0. The average molecular weight is 156 g/mol. The van der Waals surface area contributed by atoms with Crippen molar-refractivity contribution in [3.05, 3.63) is 0 Å². The Kier molecular flexibility index (Phi) is 5.17. The van der Waals surface area contributed by atoms with Crippen molar-refractivity contribution >= 4 is 5.91 Å². The van der Waals surface area contributed by atoms with Gasteiger partial charge in [0.05, 0.1) is 6.54 Å². The monoisotopic (exact) mass is 156 g/mol. The van der Waals surface area contributed by atoms with Crippen LogP contribution in [0.2, 0.25) is 0 Å². The first-order valence-corrected chi connectivity index (χ1v) is 3.20. The molecular formula is C7H12N2O2. The van der Waals surface area contributed by atoms with Gasteiger partial charge in [-0.05, 0) is 0 Å². The fourth-order valence-corrected chi connectivity index (χ4v) is 0.562. The summed E-state index contributed by atoms with van der Waals surface area (Å²) in [5.74, 6) is 2.00. The lowest BCUT2D eigenvalue weighted by molar-refractivity contribution is -0.130. The molecule has 3 N–H and O–H groups in total. The van der Waals surface area contributed by atoms with Crippen molar-refractivity contribution in [2.24, 2.45) is 5.73 Å². The van der Waals surface area contributed by atoms with Crippen molar-refractivity contribution in [1.82, 2.24) is 5.32 Å². The lowest BCUT2D eigenvalue weighted by Crippen LogP contribution is -2.40. The second kappa shape index (κ2) is 5.71. The van der Waals surface area contributed by atoms with Gasteiger partial charge in [0.15, 0.2) is 0 Å². The highest BCUT2D eigenvalue weighted by molar-refractivity contribution is 5.81. The maximum atomic E-state index is 11.0. The molecule has 0 saturated carbocycles. The SMILES string of the molecule is C#CCNC(=O)C(CN)OC. The van der Waals surface area contributed by atoms with Crippen LogP contribution in [0.4, 0.5) is 0 Å². The molecule has 0 rings (SSSR count). The second-order valence-electron chi connectivity index (χ2n) is 1.88. The Hall–Kier alpha value is -1.05. The van der Waals surface area contributed by atoms with Gasteiger partial charge in [-0.25, -0.2) is 0 Å². The van der Waals surface area contributed by atoms with Crippen LogP contribution in [0, 0.1) is 12.3 Å². The topological polar surface area (TPSA) is 64.4 Å². The smallest absolute Gasteiger partial charge is 0.251 e. The molecule has 62 valence electrons. The van der Waals surface area contributed by atoms with Crippen molar-refractivity contribution in [2.75, 3.05) is 20.2 Å². The van der Waals surface area contributed by atoms with Gasteiger partial charge in [-0.2, -0.15) is 0 Å². The van der Waals surface area contributed by atoms with Gasteiger partial charge in [0.1, 0.15) is 6.10 Å². The molecule has 0 aromatic heterocycles. The summed E-state index contributed by atoms with van der Waals surface area (Å²) in [5.41, 5.74) is 5.22. The molecule has 4 heteroatoms. The Morgan fingerprint density at radius 2 is 2.55 bits per heavy atom. The summed E-state index contributed by atoms with van der Waals surface area (Å²) in [5, 5.41) is 2.45. The molecule has 1 amide bonds. The van der Waals surface area contributed by atoms with Gasteiger partial charge >= 0.3 is 0 Å². The summed E-state index contributed by atoms with van der Waals surface area (Å²) in [6.45, 7) is 0.367. The fourth-order valence-electron chi connectivity index (χ4n) is 0.562. The van der Waals surface area contributed by atoms with E-state index in [1.807, 2.05) is 0 Å². The molecule has 0 heterocycles. The van der Waals surface area contributed by atoms with Crippen molar-refractivity contribution in [1.29, 1.82) is 0 Å². The van der Waals surface area contributed by atoms with Crippen molar-refractivity contribution in [3.63, 3.8) is 0 Å². The molecule has 0 bridgehead atoms. The van der Waals surface area contributed by atoms with Crippen LogP contribution in [-0.2, 0) is 9.53 Å². The number of amides is 1. The predicted molar refractivity (Wildman–Crippen MR) is 41.7 cm³/mol. The van der Waals surface area contributed by atoms with E-state index in [1.54, 1.807) is 0 Å². The van der Waals surface area contributed by atoms with Gasteiger partial charge in [-0.3, -0.25) is 4.79 Å². The number of nitrogens with two attached hydrogens (primary N) is 1. The van der Waals surface area contributed by atoms with Gasteiger partial charge in [-0.15, -0.1) is 6.42 Å². The van der Waals surface area contributed by atoms with E-state index in [0.29, 0.717) is 0 Å². The van der Waals surface area contributed by atoms with Crippen LogP contribution < -0.4 is 11.1 Å². The number of hydrogen-bond acceptors (Lipinski definition) is 3. The Bertz CT molecular complexity index is 158. The van der Waals surface area contributed by atoms with Crippen LogP contribution in [0.25, 0.3) is 0 Å². The lowest BCUT2D eigenvalue weighted by Gasteiger charge is -2.10. The van der Waals surface area contributed by atoms with Gasteiger partial charge in [-0.1, -0.05) is 5.92 Å². The first-order chi connectivity index (χ1) is 5.26. The summed E-state index contributed by atoms with van der Waals surface area (Å²) in [7, 11) is 1.42. The summed E-state index contributed by atoms with van der Waals surface area (Å²) in [4.78, 5) is 11.0. The van der Waals surface area contributed by atoms with Crippen LogP contribution in [0.1, 0.15) is 0 Å². The number of rotatable bonds is 4. The standard InChI is InChI=1S/C7H12N2O2/c1-3-4-9-7(10)6(5-8)11-2/h1,6H,4-5,8H2,2H3,(H,9,10). The highest BCUT2D eigenvalue weighted by Gasteiger charge is 2.13. The fraction of sp³-hybridized carbons (Fsp3) is 0.571. The third-order valence-electron chi connectivity index (χ3n) is 1.16. The van der Waals surface area contributed by atoms with E-state index in [2.05, 4.69) is 11.2 Å². The third kappa shape index (κ3) is 3.61. The zero-order valence-corrected chi connectivity index (χ0v) is 6.46. The minimum Gasteiger partial charge on any atom is -0.370 e. The van der Waals surface area contributed by atoms with E-state index in [9.17, 15) is 4.79 Å². The van der Waals surface area contributed by atoms with Crippen LogP contribution in [0.5, 0.6) is 0 Å². The van der Waals surface area contributed by atoms with Gasteiger partial charge in [0.25, 0.3) is 5.91 Å². The number of hydrogen-bond donors (Lipinski definition) is 2. The van der Waals surface area contributed by atoms with Crippen LogP contribution >= 0.6 is 0 Å². The van der Waals surface area contributed by atoms with Crippen molar-refractivity contribution < 1.29 is 9.53 Å². The largest absolute Gasteiger partial charge is 0.370 e. The summed E-state index contributed by atoms with van der Waals surface area (Å²) < 4.78 is 4.75. The second-order valence-corrected chi connectivity index (χ2v) is 1.88. The molecule has 0 aromatic rings. The Balaban J connectivity index is 3.72. The number of methoxy groups -OCH3 is 1. The maximum Gasteiger partial charge on any atom is 0.251 e. The van der Waals surface area contributed by atoms with Crippen molar-refractivity contribution in [3.8, 4) is 12.3 Å². The van der Waals surface area contributed by atoms with Crippen LogP contribution in [0.3, 0.4) is 0 Å². The molecule has 1 unspecified atom stereocenters. The molecule has 0 saturated heterocycles. The number of terminal acetylenes is 1. The summed E-state index contributed by atoms with van der Waals surface area (Å²) >= 11 is 0. The lowest BCUT2D eigenvalue weighted by atomic mass is 10.3. The molecular weight excluding hydrogens is 144 g/mol. The quantitative estimate of drug-likeness (QED) is 0.498. The van der Waals surface area contributed by atoms with Gasteiger partial charge < -0.3 is 15.8 Å². The third-order valence-corrected chi connectivity index (χ3v) is 1.16. The van der Waals surface area contributed by atoms with Crippen LogP contribution in [0.15, 0.2) is 0 Å². The van der Waals surface area contributed by atoms with Crippen LogP contribution in [-0.4, -0.2) is 32.2 Å². The minimum absolute atomic E-state index is 0.160. The molecule has 0 aliphatic heterocycles. The number of ether oxygens (including phenoxy) is 1. The molecule has 0 spiro atoms. The average Bonchev–Trinajstić information content (AvgIpc) is 2.03. The molecule has 4 nitrogen and oxygen atoms in total. The van der Waals surface area contributed by atoms with Gasteiger partial charge in [0, 0.05) is 13.7 Å². The number of carbonyl (C=O) groups excluding carboxylic acids is 1. The normalized spacial score (nSPS) is 11.7. The molecule has 1 atom stereocenters. The van der Waals surface area contributed by atoms with E-state index in [1.165, 1.54) is 7.11 Å². The number of nitrogens with one attached hydrogen (secondary N) is 1. The highest BCUT2D eigenvalue weighted by atomic mass is 16.5. The highest BCUT2D eigenvalue weighted by Crippen LogP contribution is 1.85. The molecule has 0 aliphatic carbocycles. The molecule has 0 aliphatic rings. The first kappa shape index (κ1) is 9.95. The molecule has 11 heavy (non-hydrogen) atoms. The van der Waals surface area contributed by atoms with Crippen molar-refractivity contribution in [2.45, 2.75) is 6.10 Å². The predicted octanol–water partition coefficient (Wildman–Crippen LogP) is -1.29. The first-order valence-electron chi connectivity index (χ1n) is 3.20. The Morgan fingerprint density at radius 3 is 2.91 bits per heavy atom. The van der Waals surface area contributed by atoms with E-state index >= 15 is 0 Å². The zero-order valence-electron chi connectivity index (χ0n) is 6.46. The molecule has 0 aromatic carbocycles. The number of carbonyl (C=O) groups is 1. The molecule has 0 radical (unpaired) electrons. The molecule has 0 fully saturated rings. The summed E-state index contributed by atoms with van der Waals surface area (Å²) in [6.07, 6.45) is 4.33. The zero-order chi connectivity index (χ0) is 8.69. The Labute approximate surface area is 66.1 Å². The Morgan fingerprint density at radius 1 is 1.91 bits per heavy atom.